The molecule has 1 aromatic rings. The molecule has 4 heteroatoms. The zero-order chi connectivity index (χ0) is 13.4. The molecule has 0 bridgehead atoms. The summed E-state index contributed by atoms with van der Waals surface area (Å²) in [6.45, 7) is 4.22. The largest absolute Gasteiger partial charge is 0.364 e. The summed E-state index contributed by atoms with van der Waals surface area (Å²) < 4.78 is 5.50. The average Bonchev–Trinajstić information content (AvgIpc) is 2.38. The van der Waals surface area contributed by atoms with Gasteiger partial charge in [0.15, 0.2) is 0 Å². The summed E-state index contributed by atoms with van der Waals surface area (Å²) in [6.07, 6.45) is 3.32. The van der Waals surface area contributed by atoms with Gasteiger partial charge in [-0.15, -0.1) is 0 Å². The molecule has 4 nitrogen and oxygen atoms in total. The first kappa shape index (κ1) is 14.4. The molecule has 0 spiro atoms. The number of carbonyl (C=O) groups is 1. The van der Waals surface area contributed by atoms with Crippen LogP contribution in [0.4, 0.5) is 0 Å². The van der Waals surface area contributed by atoms with E-state index in [4.69, 9.17) is 10.6 Å². The molecule has 0 fully saturated rings. The third-order valence-corrected chi connectivity index (χ3v) is 2.49. The maximum absolute atomic E-state index is 11.4. The molecule has 0 aliphatic heterocycles. The molecule has 0 aliphatic carbocycles. The van der Waals surface area contributed by atoms with Crippen molar-refractivity contribution in [3.63, 3.8) is 0 Å². The number of carbonyl (C=O) groups excluding carboxylic acids is 1. The van der Waals surface area contributed by atoms with E-state index in [2.05, 4.69) is 5.43 Å². The predicted molar refractivity (Wildman–Crippen MR) is 72.4 cm³/mol. The van der Waals surface area contributed by atoms with Crippen LogP contribution in [0, 0.1) is 5.92 Å². The number of rotatable bonds is 6. The highest BCUT2D eigenvalue weighted by Crippen LogP contribution is 2.07. The molecule has 1 unspecified atom stereocenters. The average molecular weight is 248 g/mol. The van der Waals surface area contributed by atoms with Crippen LogP contribution >= 0.6 is 0 Å². The molecule has 18 heavy (non-hydrogen) atoms. The normalized spacial score (nSPS) is 12.9. The Kier molecular flexibility index (Phi) is 6.11. The van der Waals surface area contributed by atoms with Crippen molar-refractivity contribution in [1.82, 2.24) is 5.43 Å². The number of ether oxygens (including phenoxy) is 1. The molecular formula is C14H20N2O2. The first-order valence-corrected chi connectivity index (χ1v) is 5.98. The molecule has 1 rings (SSSR count). The third-order valence-electron chi connectivity index (χ3n) is 2.49. The Hall–Kier alpha value is -1.65. The highest BCUT2D eigenvalue weighted by atomic mass is 16.5. The maximum atomic E-state index is 11.4. The highest BCUT2D eigenvalue weighted by molar-refractivity contribution is 5.80. The van der Waals surface area contributed by atoms with E-state index < -0.39 is 6.10 Å². The Bertz CT molecular complexity index is 388. The number of hydrazine groups is 1. The van der Waals surface area contributed by atoms with Gasteiger partial charge in [0.2, 0.25) is 0 Å². The van der Waals surface area contributed by atoms with Crippen LogP contribution in [0.1, 0.15) is 19.4 Å². The first-order valence-electron chi connectivity index (χ1n) is 5.98. The predicted octanol–water partition coefficient (Wildman–Crippen LogP) is 1.73. The maximum Gasteiger partial charge on any atom is 0.263 e. The topological polar surface area (TPSA) is 64.3 Å². The minimum Gasteiger partial charge on any atom is -0.364 e. The Labute approximate surface area is 108 Å². The standard InChI is InChI=1S/C14H20N2O2/c1-11(2)13(14(17)16-15)18-10-6-9-12-7-4-3-5-8-12/h3-9,11,13H,10,15H2,1-2H3,(H,16,17). The van der Waals surface area contributed by atoms with E-state index in [0.29, 0.717) is 6.61 Å². The van der Waals surface area contributed by atoms with Crippen molar-refractivity contribution in [2.75, 3.05) is 6.61 Å². The molecule has 1 atom stereocenters. The highest BCUT2D eigenvalue weighted by Gasteiger charge is 2.21. The summed E-state index contributed by atoms with van der Waals surface area (Å²) in [4.78, 5) is 11.4. The van der Waals surface area contributed by atoms with Gasteiger partial charge >= 0.3 is 0 Å². The molecule has 0 aromatic heterocycles. The van der Waals surface area contributed by atoms with E-state index in [0.717, 1.165) is 5.56 Å². The van der Waals surface area contributed by atoms with E-state index in [-0.39, 0.29) is 11.8 Å². The van der Waals surface area contributed by atoms with Gasteiger partial charge in [-0.25, -0.2) is 5.84 Å². The first-order chi connectivity index (χ1) is 8.65. The Morgan fingerprint density at radius 2 is 2.06 bits per heavy atom. The van der Waals surface area contributed by atoms with Gasteiger partial charge in [0.1, 0.15) is 6.10 Å². The van der Waals surface area contributed by atoms with E-state index in [1.54, 1.807) is 0 Å². The molecule has 98 valence electrons. The van der Waals surface area contributed by atoms with Gasteiger partial charge in [-0.2, -0.15) is 0 Å². The van der Waals surface area contributed by atoms with Crippen molar-refractivity contribution in [2.45, 2.75) is 20.0 Å². The van der Waals surface area contributed by atoms with Crippen molar-refractivity contribution >= 4 is 12.0 Å². The monoisotopic (exact) mass is 248 g/mol. The summed E-state index contributed by atoms with van der Waals surface area (Å²) in [7, 11) is 0. The number of nitrogens with one attached hydrogen (secondary N) is 1. The van der Waals surface area contributed by atoms with Crippen LogP contribution in [-0.2, 0) is 9.53 Å². The van der Waals surface area contributed by atoms with Crippen molar-refractivity contribution in [3.05, 3.63) is 42.0 Å². The minimum absolute atomic E-state index is 0.0821. The smallest absolute Gasteiger partial charge is 0.263 e. The second-order valence-electron chi connectivity index (χ2n) is 4.32. The fourth-order valence-electron chi connectivity index (χ4n) is 1.56. The van der Waals surface area contributed by atoms with Crippen LogP contribution in [0.2, 0.25) is 0 Å². The van der Waals surface area contributed by atoms with Crippen molar-refractivity contribution in [3.8, 4) is 0 Å². The molecular weight excluding hydrogens is 228 g/mol. The van der Waals surface area contributed by atoms with Crippen LogP contribution in [0.25, 0.3) is 6.08 Å². The van der Waals surface area contributed by atoms with Gasteiger partial charge in [0.25, 0.3) is 5.91 Å². The van der Waals surface area contributed by atoms with Crippen LogP contribution in [-0.4, -0.2) is 18.6 Å². The van der Waals surface area contributed by atoms with Gasteiger partial charge in [0, 0.05) is 0 Å². The lowest BCUT2D eigenvalue weighted by molar-refractivity contribution is -0.134. The van der Waals surface area contributed by atoms with Gasteiger partial charge in [-0.05, 0) is 11.5 Å². The molecule has 0 saturated carbocycles. The number of nitrogens with two attached hydrogens (primary N) is 1. The molecule has 0 heterocycles. The van der Waals surface area contributed by atoms with Gasteiger partial charge < -0.3 is 4.74 Å². The van der Waals surface area contributed by atoms with Gasteiger partial charge in [-0.3, -0.25) is 10.2 Å². The Morgan fingerprint density at radius 3 is 2.61 bits per heavy atom. The summed E-state index contributed by atoms with van der Waals surface area (Å²) in [5, 5.41) is 0. The molecule has 1 aromatic carbocycles. The Morgan fingerprint density at radius 1 is 1.39 bits per heavy atom. The van der Waals surface area contributed by atoms with E-state index in [9.17, 15) is 4.79 Å². The quantitative estimate of drug-likeness (QED) is 0.458. The second kappa shape index (κ2) is 7.63. The lowest BCUT2D eigenvalue weighted by Gasteiger charge is -2.18. The van der Waals surface area contributed by atoms with Crippen molar-refractivity contribution in [2.24, 2.45) is 11.8 Å². The summed E-state index contributed by atoms with van der Waals surface area (Å²) in [5.41, 5.74) is 3.22. The fraction of sp³-hybridized carbons (Fsp3) is 0.357. The Balaban J connectivity index is 2.44. The zero-order valence-corrected chi connectivity index (χ0v) is 10.8. The van der Waals surface area contributed by atoms with Crippen molar-refractivity contribution < 1.29 is 9.53 Å². The number of benzene rings is 1. The summed E-state index contributed by atoms with van der Waals surface area (Å²) in [5.74, 6) is 4.90. The van der Waals surface area contributed by atoms with E-state index in [1.807, 2.05) is 56.3 Å². The van der Waals surface area contributed by atoms with Crippen LogP contribution in [0.5, 0.6) is 0 Å². The summed E-state index contributed by atoms with van der Waals surface area (Å²) >= 11 is 0. The second-order valence-corrected chi connectivity index (χ2v) is 4.32. The van der Waals surface area contributed by atoms with Crippen LogP contribution in [0.3, 0.4) is 0 Å². The SMILES string of the molecule is CC(C)C(OCC=Cc1ccccc1)C(=O)NN. The number of hydrogen-bond acceptors (Lipinski definition) is 3. The molecule has 0 saturated heterocycles. The lowest BCUT2D eigenvalue weighted by atomic mass is 10.1. The fourth-order valence-corrected chi connectivity index (χ4v) is 1.56. The minimum atomic E-state index is -0.518. The zero-order valence-electron chi connectivity index (χ0n) is 10.8. The third kappa shape index (κ3) is 4.69. The van der Waals surface area contributed by atoms with E-state index in [1.165, 1.54) is 0 Å². The summed E-state index contributed by atoms with van der Waals surface area (Å²) in [6, 6.07) is 9.92. The number of hydrogen-bond donors (Lipinski definition) is 2. The number of amides is 1. The molecule has 3 N–H and O–H groups in total. The van der Waals surface area contributed by atoms with Gasteiger partial charge in [0.05, 0.1) is 6.61 Å². The van der Waals surface area contributed by atoms with Crippen LogP contribution < -0.4 is 11.3 Å². The lowest BCUT2D eigenvalue weighted by Crippen LogP contribution is -2.43. The van der Waals surface area contributed by atoms with Gasteiger partial charge in [-0.1, -0.05) is 56.3 Å². The van der Waals surface area contributed by atoms with Crippen LogP contribution in [0.15, 0.2) is 36.4 Å². The van der Waals surface area contributed by atoms with E-state index >= 15 is 0 Å². The molecule has 0 aliphatic rings. The van der Waals surface area contributed by atoms with Crippen molar-refractivity contribution in [1.29, 1.82) is 0 Å². The molecule has 1 amide bonds. The molecule has 0 radical (unpaired) electrons.